The Hall–Kier alpha value is -2.98. The number of benzene rings is 1. The maximum atomic E-state index is 12.8. The van der Waals surface area contributed by atoms with Gasteiger partial charge in [-0.05, 0) is 31.0 Å². The molecule has 1 aliphatic carbocycles. The lowest BCUT2D eigenvalue weighted by Gasteiger charge is -2.22. The normalized spacial score (nSPS) is 15.6. The van der Waals surface area contributed by atoms with Crippen molar-refractivity contribution in [2.24, 2.45) is 5.92 Å². The summed E-state index contributed by atoms with van der Waals surface area (Å²) in [6.07, 6.45) is 6.42. The van der Waals surface area contributed by atoms with E-state index < -0.39 is 23.4 Å². The number of carbonyl (C=O) groups excluding carboxylic acids is 2. The molecule has 11 heteroatoms. The molecular weight excluding hydrogens is 438 g/mol. The second-order valence-electron chi connectivity index (χ2n) is 7.73. The number of nitrogens with zero attached hydrogens (tertiary/aromatic N) is 3. The van der Waals surface area contributed by atoms with Gasteiger partial charge in [0.15, 0.2) is 0 Å². The standard InChI is InChI=1S/C21H26ClN5O5/c22-17-8-7-15(27-21(32)26(10-9-23-13-28)18(29)12-24-27)11-16(17)20(31)25-19(30)14-5-3-1-2-4-6-14/h7-8,11-14,19,30H,1-6,9-10H2,(H,23,28)(H,25,31). The third-order valence-corrected chi connectivity index (χ3v) is 5.92. The Morgan fingerprint density at radius 3 is 2.66 bits per heavy atom. The summed E-state index contributed by atoms with van der Waals surface area (Å²) in [7, 11) is 0. The topological polar surface area (TPSA) is 135 Å². The Morgan fingerprint density at radius 2 is 1.97 bits per heavy atom. The molecule has 1 aromatic carbocycles. The van der Waals surface area contributed by atoms with Crippen molar-refractivity contribution in [2.45, 2.75) is 51.3 Å². The number of aliphatic hydroxyl groups excluding tert-OH is 1. The second-order valence-corrected chi connectivity index (χ2v) is 8.14. The summed E-state index contributed by atoms with van der Waals surface area (Å²) in [6.45, 7) is 0.0590. The molecule has 3 N–H and O–H groups in total. The van der Waals surface area contributed by atoms with Crippen LogP contribution in [-0.2, 0) is 11.3 Å². The fourth-order valence-electron chi connectivity index (χ4n) is 3.83. The Balaban J connectivity index is 1.84. The van der Waals surface area contributed by atoms with Gasteiger partial charge in [0.05, 0.1) is 16.3 Å². The van der Waals surface area contributed by atoms with Crippen LogP contribution >= 0.6 is 11.6 Å². The molecule has 1 aliphatic rings. The number of hydrogen-bond donors (Lipinski definition) is 3. The molecule has 32 heavy (non-hydrogen) atoms. The molecular formula is C21H26ClN5O5. The summed E-state index contributed by atoms with van der Waals surface area (Å²) in [4.78, 5) is 48.0. The first-order chi connectivity index (χ1) is 15.4. The number of halogens is 1. The van der Waals surface area contributed by atoms with Gasteiger partial charge in [-0.15, -0.1) is 0 Å². The highest BCUT2D eigenvalue weighted by Gasteiger charge is 2.24. The number of aromatic nitrogens is 3. The van der Waals surface area contributed by atoms with E-state index in [0.717, 1.165) is 54.0 Å². The largest absolute Gasteiger partial charge is 0.373 e. The van der Waals surface area contributed by atoms with Crippen molar-refractivity contribution in [1.82, 2.24) is 25.0 Å². The van der Waals surface area contributed by atoms with Crippen LogP contribution in [0.25, 0.3) is 5.69 Å². The van der Waals surface area contributed by atoms with Crippen molar-refractivity contribution in [3.63, 3.8) is 0 Å². The van der Waals surface area contributed by atoms with Crippen LogP contribution in [0.2, 0.25) is 5.02 Å². The molecule has 2 aromatic rings. The average Bonchev–Trinajstić information content (AvgIpc) is 3.06. The predicted molar refractivity (Wildman–Crippen MR) is 118 cm³/mol. The van der Waals surface area contributed by atoms with Crippen LogP contribution in [0.4, 0.5) is 0 Å². The first-order valence-electron chi connectivity index (χ1n) is 10.6. The molecule has 3 rings (SSSR count). The van der Waals surface area contributed by atoms with Crippen LogP contribution in [0.5, 0.6) is 0 Å². The lowest BCUT2D eigenvalue weighted by Crippen LogP contribution is -2.42. The first-order valence-corrected chi connectivity index (χ1v) is 10.9. The fourth-order valence-corrected chi connectivity index (χ4v) is 4.03. The van der Waals surface area contributed by atoms with Gasteiger partial charge in [-0.3, -0.25) is 19.0 Å². The van der Waals surface area contributed by atoms with Crippen LogP contribution in [0, 0.1) is 5.92 Å². The minimum absolute atomic E-state index is 0.0174. The highest BCUT2D eigenvalue weighted by atomic mass is 35.5. The highest BCUT2D eigenvalue weighted by molar-refractivity contribution is 6.33. The van der Waals surface area contributed by atoms with Crippen LogP contribution < -0.4 is 21.9 Å². The molecule has 0 aliphatic heterocycles. The van der Waals surface area contributed by atoms with E-state index in [9.17, 15) is 24.3 Å². The summed E-state index contributed by atoms with van der Waals surface area (Å²) in [5, 5.41) is 19.5. The van der Waals surface area contributed by atoms with Gasteiger partial charge in [-0.25, -0.2) is 4.79 Å². The molecule has 1 unspecified atom stereocenters. The quantitative estimate of drug-likeness (QED) is 0.229. The highest BCUT2D eigenvalue weighted by Crippen LogP contribution is 2.25. The molecule has 0 saturated heterocycles. The third kappa shape index (κ3) is 5.63. The molecule has 0 bridgehead atoms. The summed E-state index contributed by atoms with van der Waals surface area (Å²) in [5.41, 5.74) is -1.04. The van der Waals surface area contributed by atoms with Gasteiger partial charge in [-0.1, -0.05) is 37.3 Å². The van der Waals surface area contributed by atoms with Gasteiger partial charge >= 0.3 is 5.69 Å². The Bertz CT molecular complexity index is 1070. The average molecular weight is 464 g/mol. The summed E-state index contributed by atoms with van der Waals surface area (Å²) in [6, 6.07) is 4.32. The number of rotatable bonds is 8. The molecule has 172 valence electrons. The van der Waals surface area contributed by atoms with E-state index in [1.165, 1.54) is 18.2 Å². The van der Waals surface area contributed by atoms with E-state index in [-0.39, 0.29) is 35.3 Å². The zero-order valence-corrected chi connectivity index (χ0v) is 18.3. The number of nitrogens with one attached hydrogen (secondary N) is 2. The SMILES string of the molecule is O=CNCCn1c(=O)cnn(-c2ccc(Cl)c(C(=O)NC(O)C3CCCCCC3)c2)c1=O. The third-order valence-electron chi connectivity index (χ3n) is 5.59. The lowest BCUT2D eigenvalue weighted by molar-refractivity contribution is -0.109. The Morgan fingerprint density at radius 1 is 1.25 bits per heavy atom. The summed E-state index contributed by atoms with van der Waals surface area (Å²) >= 11 is 6.21. The van der Waals surface area contributed by atoms with Gasteiger partial charge in [0.2, 0.25) is 6.41 Å². The smallest absolute Gasteiger partial charge is 0.352 e. The van der Waals surface area contributed by atoms with Crippen LogP contribution in [0.1, 0.15) is 48.9 Å². The van der Waals surface area contributed by atoms with E-state index in [2.05, 4.69) is 15.7 Å². The van der Waals surface area contributed by atoms with E-state index in [1.54, 1.807) is 0 Å². The van der Waals surface area contributed by atoms with Crippen molar-refractivity contribution >= 4 is 23.9 Å². The van der Waals surface area contributed by atoms with E-state index in [1.807, 2.05) is 0 Å². The number of hydrogen-bond acceptors (Lipinski definition) is 6. The molecule has 1 saturated carbocycles. The van der Waals surface area contributed by atoms with Crippen LogP contribution in [0.15, 0.2) is 34.0 Å². The monoisotopic (exact) mass is 463 g/mol. The summed E-state index contributed by atoms with van der Waals surface area (Å²) < 4.78 is 1.89. The molecule has 1 fully saturated rings. The maximum Gasteiger partial charge on any atom is 0.352 e. The molecule has 1 aromatic heterocycles. The molecule has 1 atom stereocenters. The predicted octanol–water partition coefficient (Wildman–Crippen LogP) is 0.812. The van der Waals surface area contributed by atoms with E-state index >= 15 is 0 Å². The van der Waals surface area contributed by atoms with Gasteiger partial charge in [0.1, 0.15) is 12.4 Å². The molecule has 10 nitrogen and oxygen atoms in total. The maximum absolute atomic E-state index is 12.8. The number of carbonyl (C=O) groups is 2. The van der Waals surface area contributed by atoms with E-state index in [4.69, 9.17) is 11.6 Å². The van der Waals surface area contributed by atoms with Gasteiger partial charge in [0, 0.05) is 19.0 Å². The van der Waals surface area contributed by atoms with Gasteiger partial charge < -0.3 is 15.7 Å². The number of aliphatic hydroxyl groups is 1. The zero-order valence-electron chi connectivity index (χ0n) is 17.5. The van der Waals surface area contributed by atoms with Crippen LogP contribution in [-0.4, -0.2) is 44.5 Å². The molecule has 2 amide bonds. The molecule has 1 heterocycles. The molecule has 0 spiro atoms. The Kier molecular flexibility index (Phi) is 8.18. The van der Waals surface area contributed by atoms with Crippen molar-refractivity contribution in [3.8, 4) is 5.69 Å². The minimum Gasteiger partial charge on any atom is -0.373 e. The van der Waals surface area contributed by atoms with Crippen molar-refractivity contribution in [1.29, 1.82) is 0 Å². The van der Waals surface area contributed by atoms with Gasteiger partial charge in [0.25, 0.3) is 11.5 Å². The molecule has 0 radical (unpaired) electrons. The zero-order chi connectivity index (χ0) is 23.1. The summed E-state index contributed by atoms with van der Waals surface area (Å²) in [5.74, 6) is -0.582. The Labute approximate surface area is 189 Å². The van der Waals surface area contributed by atoms with Crippen molar-refractivity contribution < 1.29 is 14.7 Å². The van der Waals surface area contributed by atoms with Crippen molar-refractivity contribution in [3.05, 3.63) is 55.8 Å². The van der Waals surface area contributed by atoms with E-state index in [0.29, 0.717) is 6.41 Å². The fraction of sp³-hybridized carbons (Fsp3) is 0.476. The lowest BCUT2D eigenvalue weighted by atomic mass is 9.98. The number of amides is 2. The minimum atomic E-state index is -0.992. The first kappa shape index (κ1) is 23.7. The second kappa shape index (κ2) is 11.1. The van der Waals surface area contributed by atoms with Crippen molar-refractivity contribution in [2.75, 3.05) is 6.54 Å². The van der Waals surface area contributed by atoms with Crippen LogP contribution in [0.3, 0.4) is 0 Å². The van der Waals surface area contributed by atoms with Gasteiger partial charge in [-0.2, -0.15) is 9.78 Å².